The number of nitrogens with one attached hydrogen (secondary N) is 1. The number of benzene rings is 1. The first kappa shape index (κ1) is 14.5. The number of hydrogen-bond acceptors (Lipinski definition) is 2. The van der Waals surface area contributed by atoms with Crippen molar-refractivity contribution in [2.45, 2.75) is 51.5 Å². The Morgan fingerprint density at radius 3 is 2.58 bits per heavy atom. The number of amidine groups is 1. The molecule has 2 rings (SSSR count). The summed E-state index contributed by atoms with van der Waals surface area (Å²) in [6.45, 7) is 2.08. The maximum atomic E-state index is 5.68. The summed E-state index contributed by atoms with van der Waals surface area (Å²) in [5, 5.41) is 0. The molecule has 1 aromatic rings. The van der Waals surface area contributed by atoms with Crippen LogP contribution in [-0.2, 0) is 0 Å². The first-order valence-corrected chi connectivity index (χ1v) is 7.81. The van der Waals surface area contributed by atoms with E-state index in [-0.39, 0.29) is 0 Å². The zero-order chi connectivity index (χ0) is 13.7. The quantitative estimate of drug-likeness (QED) is 0.287. The average molecular weight is 324 g/mol. The highest BCUT2D eigenvalue weighted by Crippen LogP contribution is 2.23. The highest BCUT2D eigenvalue weighted by molar-refractivity contribution is 9.10. The zero-order valence-corrected chi connectivity index (χ0v) is 13.0. The van der Waals surface area contributed by atoms with E-state index in [0.29, 0.717) is 6.04 Å². The summed E-state index contributed by atoms with van der Waals surface area (Å²) in [4.78, 5) is 4.85. The SMILES string of the molecule is Cc1c(Br)cccc1C(=NC1CCCCCC1)NN. The predicted molar refractivity (Wildman–Crippen MR) is 84.2 cm³/mol. The monoisotopic (exact) mass is 323 g/mol. The molecular formula is C15H22BrN3. The van der Waals surface area contributed by atoms with Crippen molar-refractivity contribution in [2.24, 2.45) is 10.8 Å². The number of hydrazine groups is 1. The van der Waals surface area contributed by atoms with Gasteiger partial charge >= 0.3 is 0 Å². The van der Waals surface area contributed by atoms with Gasteiger partial charge in [-0.15, -0.1) is 0 Å². The lowest BCUT2D eigenvalue weighted by Crippen LogP contribution is -2.33. The summed E-state index contributed by atoms with van der Waals surface area (Å²) in [5.74, 6) is 6.49. The summed E-state index contributed by atoms with van der Waals surface area (Å²) in [5.41, 5.74) is 5.04. The minimum Gasteiger partial charge on any atom is -0.308 e. The molecule has 1 aliphatic rings. The Morgan fingerprint density at radius 1 is 1.26 bits per heavy atom. The first-order chi connectivity index (χ1) is 9.22. The molecule has 0 unspecified atom stereocenters. The third kappa shape index (κ3) is 3.80. The summed E-state index contributed by atoms with van der Waals surface area (Å²) >= 11 is 3.56. The van der Waals surface area contributed by atoms with Crippen LogP contribution >= 0.6 is 15.9 Å². The largest absolute Gasteiger partial charge is 0.308 e. The van der Waals surface area contributed by atoms with E-state index in [4.69, 9.17) is 10.8 Å². The fraction of sp³-hybridized carbons (Fsp3) is 0.533. The Morgan fingerprint density at radius 2 is 1.95 bits per heavy atom. The molecule has 0 saturated heterocycles. The lowest BCUT2D eigenvalue weighted by molar-refractivity contribution is 0.583. The highest BCUT2D eigenvalue weighted by Gasteiger charge is 2.14. The van der Waals surface area contributed by atoms with E-state index in [1.807, 2.05) is 12.1 Å². The Kier molecular flexibility index (Phi) is 5.40. The Balaban J connectivity index is 2.25. The Hall–Kier alpha value is -0.870. The molecule has 1 saturated carbocycles. The van der Waals surface area contributed by atoms with Crippen molar-refractivity contribution in [1.29, 1.82) is 0 Å². The van der Waals surface area contributed by atoms with Crippen LogP contribution in [0.2, 0.25) is 0 Å². The van der Waals surface area contributed by atoms with Crippen LogP contribution in [0.15, 0.2) is 27.7 Å². The molecule has 0 radical (unpaired) electrons. The minimum absolute atomic E-state index is 0.409. The second-order valence-corrected chi connectivity index (χ2v) is 6.03. The van der Waals surface area contributed by atoms with Gasteiger partial charge in [-0.2, -0.15) is 0 Å². The molecule has 0 aliphatic heterocycles. The van der Waals surface area contributed by atoms with Crippen LogP contribution in [0.3, 0.4) is 0 Å². The van der Waals surface area contributed by atoms with Crippen LogP contribution in [0.1, 0.15) is 49.7 Å². The molecule has 0 spiro atoms. The maximum absolute atomic E-state index is 5.68. The molecule has 3 N–H and O–H groups in total. The highest BCUT2D eigenvalue weighted by atomic mass is 79.9. The van der Waals surface area contributed by atoms with Gasteiger partial charge in [-0.1, -0.05) is 53.7 Å². The summed E-state index contributed by atoms with van der Waals surface area (Å²) in [7, 11) is 0. The predicted octanol–water partition coefficient (Wildman–Crippen LogP) is 3.69. The van der Waals surface area contributed by atoms with E-state index in [0.717, 1.165) is 15.9 Å². The molecule has 1 aromatic carbocycles. The van der Waals surface area contributed by atoms with Crippen LogP contribution in [0.4, 0.5) is 0 Å². The molecular weight excluding hydrogens is 302 g/mol. The number of halogens is 1. The summed E-state index contributed by atoms with van der Waals surface area (Å²) in [6.07, 6.45) is 7.60. The van der Waals surface area contributed by atoms with Gasteiger partial charge in [-0.3, -0.25) is 4.99 Å². The van der Waals surface area contributed by atoms with Crippen LogP contribution in [0.5, 0.6) is 0 Å². The molecule has 104 valence electrons. The fourth-order valence-corrected chi connectivity index (χ4v) is 2.98. The van der Waals surface area contributed by atoms with Gasteiger partial charge in [0.15, 0.2) is 0 Å². The van der Waals surface area contributed by atoms with Crippen LogP contribution in [0, 0.1) is 6.92 Å². The molecule has 1 fully saturated rings. The molecule has 19 heavy (non-hydrogen) atoms. The van der Waals surface area contributed by atoms with Gasteiger partial charge in [-0.25, -0.2) is 5.84 Å². The zero-order valence-electron chi connectivity index (χ0n) is 11.5. The standard InChI is InChI=1S/C15H22BrN3/c1-11-13(9-6-10-14(11)16)15(19-17)18-12-7-4-2-3-5-8-12/h6,9-10,12H,2-5,7-8,17H2,1H3,(H,18,19). The van der Waals surface area contributed by atoms with Gasteiger partial charge < -0.3 is 5.43 Å². The van der Waals surface area contributed by atoms with E-state index in [1.165, 1.54) is 44.1 Å². The van der Waals surface area contributed by atoms with Crippen LogP contribution in [0.25, 0.3) is 0 Å². The molecule has 0 bridgehead atoms. The van der Waals surface area contributed by atoms with Gasteiger partial charge in [0.25, 0.3) is 0 Å². The molecule has 0 heterocycles. The van der Waals surface area contributed by atoms with Crippen molar-refractivity contribution < 1.29 is 0 Å². The van der Waals surface area contributed by atoms with Crippen molar-refractivity contribution in [3.05, 3.63) is 33.8 Å². The van der Waals surface area contributed by atoms with E-state index < -0.39 is 0 Å². The van der Waals surface area contributed by atoms with Crippen molar-refractivity contribution in [3.8, 4) is 0 Å². The Labute approximate surface area is 123 Å². The summed E-state index contributed by atoms with van der Waals surface area (Å²) in [6, 6.07) is 6.53. The number of nitrogens with zero attached hydrogens (tertiary/aromatic N) is 1. The van der Waals surface area contributed by atoms with Gasteiger partial charge in [0, 0.05) is 10.0 Å². The second kappa shape index (κ2) is 7.06. The number of hydrogen-bond donors (Lipinski definition) is 2. The van der Waals surface area contributed by atoms with Crippen molar-refractivity contribution >= 4 is 21.8 Å². The van der Waals surface area contributed by atoms with Crippen molar-refractivity contribution in [1.82, 2.24) is 5.43 Å². The van der Waals surface area contributed by atoms with Gasteiger partial charge in [0.2, 0.25) is 0 Å². The fourth-order valence-electron chi connectivity index (χ4n) is 2.62. The number of nitrogens with two attached hydrogens (primary N) is 1. The van der Waals surface area contributed by atoms with E-state index in [9.17, 15) is 0 Å². The maximum Gasteiger partial charge on any atom is 0.143 e. The third-order valence-electron chi connectivity index (χ3n) is 3.80. The van der Waals surface area contributed by atoms with E-state index in [1.54, 1.807) is 0 Å². The van der Waals surface area contributed by atoms with Crippen LogP contribution in [-0.4, -0.2) is 11.9 Å². The molecule has 4 heteroatoms. The van der Waals surface area contributed by atoms with Crippen LogP contribution < -0.4 is 11.3 Å². The van der Waals surface area contributed by atoms with Crippen molar-refractivity contribution in [2.75, 3.05) is 0 Å². The molecule has 1 aliphatic carbocycles. The topological polar surface area (TPSA) is 50.4 Å². The first-order valence-electron chi connectivity index (χ1n) is 7.02. The van der Waals surface area contributed by atoms with Gasteiger partial charge in [0.1, 0.15) is 5.84 Å². The number of rotatable bonds is 2. The smallest absolute Gasteiger partial charge is 0.143 e. The van der Waals surface area contributed by atoms with E-state index >= 15 is 0 Å². The third-order valence-corrected chi connectivity index (χ3v) is 4.65. The van der Waals surface area contributed by atoms with E-state index in [2.05, 4.69) is 34.3 Å². The lowest BCUT2D eigenvalue weighted by atomic mass is 10.1. The normalized spacial score (nSPS) is 18.2. The molecule has 0 amide bonds. The molecule has 3 nitrogen and oxygen atoms in total. The van der Waals surface area contributed by atoms with Gasteiger partial charge in [-0.05, 0) is 31.4 Å². The second-order valence-electron chi connectivity index (χ2n) is 5.18. The molecule has 0 atom stereocenters. The average Bonchev–Trinajstić information content (AvgIpc) is 2.68. The lowest BCUT2D eigenvalue weighted by Gasteiger charge is -2.15. The van der Waals surface area contributed by atoms with Gasteiger partial charge in [0.05, 0.1) is 6.04 Å². The number of aliphatic imine (C=N–C) groups is 1. The van der Waals surface area contributed by atoms with Crippen molar-refractivity contribution in [3.63, 3.8) is 0 Å². The Bertz CT molecular complexity index is 449. The minimum atomic E-state index is 0.409. The summed E-state index contributed by atoms with van der Waals surface area (Å²) < 4.78 is 1.09. The molecule has 0 aromatic heterocycles.